The molecule has 3 heteroatoms. The highest BCUT2D eigenvalue weighted by molar-refractivity contribution is 5.25. The largest absolute Gasteiger partial charge is 0.373 e. The summed E-state index contributed by atoms with van der Waals surface area (Å²) >= 11 is 0. The first-order valence-electron chi connectivity index (χ1n) is 8.16. The van der Waals surface area contributed by atoms with Crippen molar-refractivity contribution in [1.82, 2.24) is 10.2 Å². The molecule has 1 N–H and O–H groups in total. The number of aryl methyl sites for hydroxylation is 1. The summed E-state index contributed by atoms with van der Waals surface area (Å²) in [5.74, 6) is 0. The molecule has 1 aromatic carbocycles. The molecule has 1 aliphatic rings. The normalized spacial score (nSPS) is 20.4. The van der Waals surface area contributed by atoms with E-state index in [1.165, 1.54) is 24.0 Å². The molecule has 0 aromatic heterocycles. The second-order valence-electron chi connectivity index (χ2n) is 6.68. The Morgan fingerprint density at radius 2 is 2.00 bits per heavy atom. The van der Waals surface area contributed by atoms with Crippen LogP contribution in [0.5, 0.6) is 0 Å². The molecule has 1 aliphatic heterocycles. The van der Waals surface area contributed by atoms with Crippen LogP contribution < -0.4 is 5.32 Å². The fourth-order valence-corrected chi connectivity index (χ4v) is 3.10. The molecule has 1 unspecified atom stereocenters. The van der Waals surface area contributed by atoms with Gasteiger partial charge in [-0.3, -0.25) is 4.90 Å². The van der Waals surface area contributed by atoms with Gasteiger partial charge in [-0.25, -0.2) is 0 Å². The lowest BCUT2D eigenvalue weighted by atomic mass is 10.0. The Morgan fingerprint density at radius 3 is 2.57 bits per heavy atom. The van der Waals surface area contributed by atoms with Crippen LogP contribution in [0.25, 0.3) is 0 Å². The number of rotatable bonds is 6. The molecule has 0 spiro atoms. The van der Waals surface area contributed by atoms with Gasteiger partial charge in [0.25, 0.3) is 0 Å². The molecule has 1 saturated heterocycles. The maximum atomic E-state index is 5.80. The SMILES string of the molecule is CCCc1ccc(C(CN2CCOC(C)(C)C2)NC)cc1. The van der Waals surface area contributed by atoms with Gasteiger partial charge in [0.15, 0.2) is 0 Å². The predicted molar refractivity (Wildman–Crippen MR) is 88.7 cm³/mol. The monoisotopic (exact) mass is 290 g/mol. The third kappa shape index (κ3) is 4.80. The van der Waals surface area contributed by atoms with Crippen molar-refractivity contribution in [2.45, 2.75) is 45.3 Å². The van der Waals surface area contributed by atoms with E-state index in [1.807, 2.05) is 0 Å². The lowest BCUT2D eigenvalue weighted by molar-refractivity contribution is -0.0875. The van der Waals surface area contributed by atoms with E-state index in [0.717, 1.165) is 26.2 Å². The number of benzene rings is 1. The van der Waals surface area contributed by atoms with Gasteiger partial charge in [0.1, 0.15) is 0 Å². The van der Waals surface area contributed by atoms with Gasteiger partial charge in [-0.05, 0) is 38.4 Å². The molecule has 0 aliphatic carbocycles. The van der Waals surface area contributed by atoms with Crippen LogP contribution in [0.15, 0.2) is 24.3 Å². The van der Waals surface area contributed by atoms with Gasteiger partial charge in [0.05, 0.1) is 12.2 Å². The summed E-state index contributed by atoms with van der Waals surface area (Å²) in [4.78, 5) is 2.50. The number of hydrogen-bond donors (Lipinski definition) is 1. The highest BCUT2D eigenvalue weighted by atomic mass is 16.5. The van der Waals surface area contributed by atoms with Crippen molar-refractivity contribution in [3.05, 3.63) is 35.4 Å². The first-order chi connectivity index (χ1) is 10.0. The molecule has 0 amide bonds. The smallest absolute Gasteiger partial charge is 0.0753 e. The highest BCUT2D eigenvalue weighted by Crippen LogP contribution is 2.21. The Morgan fingerprint density at radius 1 is 1.29 bits per heavy atom. The van der Waals surface area contributed by atoms with E-state index < -0.39 is 0 Å². The molecule has 118 valence electrons. The van der Waals surface area contributed by atoms with Crippen LogP contribution in [0.3, 0.4) is 0 Å². The lowest BCUT2D eigenvalue weighted by Gasteiger charge is -2.39. The minimum absolute atomic E-state index is 0.0263. The zero-order valence-corrected chi connectivity index (χ0v) is 14.0. The van der Waals surface area contributed by atoms with Gasteiger partial charge in [-0.15, -0.1) is 0 Å². The molecule has 1 heterocycles. The van der Waals surface area contributed by atoms with Crippen molar-refractivity contribution in [2.75, 3.05) is 33.3 Å². The Labute approximate surface area is 129 Å². The zero-order valence-electron chi connectivity index (χ0n) is 14.0. The maximum absolute atomic E-state index is 5.80. The molecule has 0 saturated carbocycles. The molecule has 2 rings (SSSR count). The number of ether oxygens (including phenoxy) is 1. The maximum Gasteiger partial charge on any atom is 0.0753 e. The number of hydrogen-bond acceptors (Lipinski definition) is 3. The van der Waals surface area contributed by atoms with Crippen LogP contribution in [-0.4, -0.2) is 43.8 Å². The third-order valence-electron chi connectivity index (χ3n) is 4.21. The van der Waals surface area contributed by atoms with Crippen molar-refractivity contribution in [1.29, 1.82) is 0 Å². The summed E-state index contributed by atoms with van der Waals surface area (Å²) in [6, 6.07) is 9.48. The fraction of sp³-hybridized carbons (Fsp3) is 0.667. The van der Waals surface area contributed by atoms with E-state index in [0.29, 0.717) is 6.04 Å². The van der Waals surface area contributed by atoms with Crippen LogP contribution in [0.2, 0.25) is 0 Å². The number of nitrogens with zero attached hydrogens (tertiary/aromatic N) is 1. The van der Waals surface area contributed by atoms with Crippen molar-refractivity contribution in [3.8, 4) is 0 Å². The summed E-state index contributed by atoms with van der Waals surface area (Å²) in [6.07, 6.45) is 2.37. The van der Waals surface area contributed by atoms with E-state index in [4.69, 9.17) is 4.74 Å². The Bertz CT molecular complexity index is 427. The summed E-state index contributed by atoms with van der Waals surface area (Å²) in [5, 5.41) is 3.46. The van der Waals surface area contributed by atoms with E-state index in [2.05, 4.69) is 62.3 Å². The minimum Gasteiger partial charge on any atom is -0.373 e. The van der Waals surface area contributed by atoms with Crippen molar-refractivity contribution >= 4 is 0 Å². The van der Waals surface area contributed by atoms with E-state index in [1.54, 1.807) is 0 Å². The van der Waals surface area contributed by atoms with E-state index in [-0.39, 0.29) is 5.60 Å². The number of nitrogens with one attached hydrogen (secondary N) is 1. The zero-order chi connectivity index (χ0) is 15.3. The average Bonchev–Trinajstić information content (AvgIpc) is 2.45. The van der Waals surface area contributed by atoms with E-state index >= 15 is 0 Å². The summed E-state index contributed by atoms with van der Waals surface area (Å²) in [5.41, 5.74) is 2.78. The highest BCUT2D eigenvalue weighted by Gasteiger charge is 2.28. The van der Waals surface area contributed by atoms with Gasteiger partial charge in [-0.2, -0.15) is 0 Å². The van der Waals surface area contributed by atoms with Crippen molar-refractivity contribution in [2.24, 2.45) is 0 Å². The minimum atomic E-state index is -0.0263. The number of morpholine rings is 1. The van der Waals surface area contributed by atoms with Gasteiger partial charge in [0, 0.05) is 25.7 Å². The Kier molecular flexibility index (Phi) is 5.80. The number of likely N-dealkylation sites (N-methyl/N-ethyl adjacent to an activating group) is 1. The predicted octanol–water partition coefficient (Wildman–Crippen LogP) is 3.01. The second kappa shape index (κ2) is 7.39. The van der Waals surface area contributed by atoms with Crippen molar-refractivity contribution in [3.63, 3.8) is 0 Å². The third-order valence-corrected chi connectivity index (χ3v) is 4.21. The molecular formula is C18H30N2O. The Balaban J connectivity index is 1.99. The van der Waals surface area contributed by atoms with Crippen LogP contribution >= 0.6 is 0 Å². The molecule has 3 nitrogen and oxygen atoms in total. The van der Waals surface area contributed by atoms with Gasteiger partial charge in [0.2, 0.25) is 0 Å². The van der Waals surface area contributed by atoms with Crippen LogP contribution in [0.1, 0.15) is 44.4 Å². The van der Waals surface area contributed by atoms with Gasteiger partial charge < -0.3 is 10.1 Å². The standard InChI is InChI=1S/C18H30N2O/c1-5-6-15-7-9-16(10-8-15)17(19-4)13-20-11-12-21-18(2,3)14-20/h7-10,17,19H,5-6,11-14H2,1-4H3. The summed E-state index contributed by atoms with van der Waals surface area (Å²) in [6.45, 7) is 10.5. The summed E-state index contributed by atoms with van der Waals surface area (Å²) < 4.78 is 5.80. The van der Waals surface area contributed by atoms with Gasteiger partial charge in [-0.1, -0.05) is 37.6 Å². The van der Waals surface area contributed by atoms with Gasteiger partial charge >= 0.3 is 0 Å². The summed E-state index contributed by atoms with van der Waals surface area (Å²) in [7, 11) is 2.05. The van der Waals surface area contributed by atoms with E-state index in [9.17, 15) is 0 Å². The molecule has 0 radical (unpaired) electrons. The van der Waals surface area contributed by atoms with Crippen molar-refractivity contribution < 1.29 is 4.74 Å². The first kappa shape index (κ1) is 16.5. The molecule has 1 aromatic rings. The lowest BCUT2D eigenvalue weighted by Crippen LogP contribution is -2.50. The molecule has 1 fully saturated rings. The fourth-order valence-electron chi connectivity index (χ4n) is 3.10. The second-order valence-corrected chi connectivity index (χ2v) is 6.68. The molecule has 1 atom stereocenters. The van der Waals surface area contributed by atoms with Crippen LogP contribution in [0.4, 0.5) is 0 Å². The Hall–Kier alpha value is -0.900. The van der Waals surface area contributed by atoms with Crippen LogP contribution in [0, 0.1) is 0 Å². The first-order valence-corrected chi connectivity index (χ1v) is 8.16. The molecular weight excluding hydrogens is 260 g/mol. The molecule has 21 heavy (non-hydrogen) atoms. The average molecular weight is 290 g/mol. The van der Waals surface area contributed by atoms with Crippen LogP contribution in [-0.2, 0) is 11.2 Å². The topological polar surface area (TPSA) is 24.5 Å². The molecule has 0 bridgehead atoms. The quantitative estimate of drug-likeness (QED) is 0.871.